The summed E-state index contributed by atoms with van der Waals surface area (Å²) in [6, 6.07) is 21.7. The molecule has 4 aromatic carbocycles. The molecule has 0 aliphatic rings. The van der Waals surface area contributed by atoms with Gasteiger partial charge in [0, 0.05) is 27.7 Å². The first kappa shape index (κ1) is 24.0. The highest BCUT2D eigenvalue weighted by molar-refractivity contribution is 9.10. The van der Waals surface area contributed by atoms with Crippen LogP contribution in [0.5, 0.6) is 5.75 Å². The minimum atomic E-state index is -4.28. The third-order valence-corrected chi connectivity index (χ3v) is 6.63. The predicted molar refractivity (Wildman–Crippen MR) is 134 cm³/mol. The number of halogens is 1. The van der Waals surface area contributed by atoms with Crippen molar-refractivity contribution >= 4 is 54.6 Å². The molecule has 35 heavy (non-hydrogen) atoms. The second-order valence-electron chi connectivity index (χ2n) is 7.23. The number of fused-ring (bicyclic) bond motifs is 1. The van der Waals surface area contributed by atoms with Crippen molar-refractivity contribution in [2.45, 2.75) is 4.90 Å². The van der Waals surface area contributed by atoms with E-state index in [2.05, 4.69) is 26.5 Å². The summed E-state index contributed by atoms with van der Waals surface area (Å²) < 4.78 is 31.2. The Morgan fingerprint density at radius 3 is 2.40 bits per heavy atom. The number of hydrogen-bond donors (Lipinski definition) is 1. The maximum Gasteiger partial charge on any atom is 0.339 e. The molecule has 1 amide bonds. The standard InChI is InChI=1S/C24H16BrN3O6S/c25-20-7-12-23(34-35(32,33)22-10-8-21(9-11-22)28(30)31)19(14-20)15-26-27-24(29)18-6-5-16-3-1-2-4-17(16)13-18/h1-15H,(H,27,29)/b26-15+. The molecule has 0 saturated carbocycles. The van der Waals surface area contributed by atoms with Gasteiger partial charge in [0.1, 0.15) is 4.90 Å². The van der Waals surface area contributed by atoms with Crippen LogP contribution in [-0.4, -0.2) is 25.5 Å². The van der Waals surface area contributed by atoms with Crippen LogP contribution >= 0.6 is 15.9 Å². The van der Waals surface area contributed by atoms with E-state index >= 15 is 0 Å². The average molecular weight is 554 g/mol. The van der Waals surface area contributed by atoms with Crippen LogP contribution in [0.15, 0.2) is 99.4 Å². The van der Waals surface area contributed by atoms with Gasteiger partial charge in [0.05, 0.1) is 11.1 Å². The summed E-state index contributed by atoms with van der Waals surface area (Å²) in [5.41, 5.74) is 2.85. The number of nitrogens with one attached hydrogen (secondary N) is 1. The molecule has 0 radical (unpaired) electrons. The Labute approximate surface area is 208 Å². The van der Waals surface area contributed by atoms with Crippen LogP contribution in [0.1, 0.15) is 15.9 Å². The number of amides is 1. The monoisotopic (exact) mass is 553 g/mol. The Balaban J connectivity index is 1.52. The fourth-order valence-corrected chi connectivity index (χ4v) is 4.49. The lowest BCUT2D eigenvalue weighted by Crippen LogP contribution is -2.17. The van der Waals surface area contributed by atoms with E-state index in [1.165, 1.54) is 12.3 Å². The first-order valence-corrected chi connectivity index (χ1v) is 12.2. The molecule has 0 aliphatic carbocycles. The van der Waals surface area contributed by atoms with Crippen molar-refractivity contribution < 1.29 is 22.3 Å². The number of nitrogens with zero attached hydrogens (tertiary/aromatic N) is 2. The molecule has 176 valence electrons. The van der Waals surface area contributed by atoms with Gasteiger partial charge in [-0.05, 0) is 53.2 Å². The number of carbonyl (C=O) groups excluding carboxylic acids is 1. The first-order chi connectivity index (χ1) is 16.7. The van der Waals surface area contributed by atoms with E-state index < -0.39 is 20.9 Å². The predicted octanol–water partition coefficient (Wildman–Crippen LogP) is 5.04. The molecule has 9 nitrogen and oxygen atoms in total. The van der Waals surface area contributed by atoms with Gasteiger partial charge in [0.25, 0.3) is 11.6 Å². The van der Waals surface area contributed by atoms with Crippen LogP contribution in [-0.2, 0) is 10.1 Å². The zero-order valence-electron chi connectivity index (χ0n) is 17.8. The van der Waals surface area contributed by atoms with Gasteiger partial charge >= 0.3 is 10.1 Å². The second kappa shape index (κ2) is 10.0. The van der Waals surface area contributed by atoms with E-state index in [1.54, 1.807) is 24.3 Å². The molecule has 0 aliphatic heterocycles. The lowest BCUT2D eigenvalue weighted by Gasteiger charge is -2.10. The van der Waals surface area contributed by atoms with Gasteiger partial charge in [0.2, 0.25) is 0 Å². The SMILES string of the molecule is O=C(N/N=C/c1cc(Br)ccc1OS(=O)(=O)c1ccc([N+](=O)[O-])cc1)c1ccc2ccccc2c1. The molecule has 0 aromatic heterocycles. The first-order valence-electron chi connectivity index (χ1n) is 10.0. The van der Waals surface area contributed by atoms with E-state index in [4.69, 9.17) is 4.18 Å². The molecule has 0 fully saturated rings. The normalized spacial score (nSPS) is 11.5. The van der Waals surface area contributed by atoms with Crippen LogP contribution in [0.2, 0.25) is 0 Å². The Kier molecular flexibility index (Phi) is 6.90. The van der Waals surface area contributed by atoms with Crippen molar-refractivity contribution in [3.05, 3.63) is 111 Å². The smallest absolute Gasteiger partial charge is 0.339 e. The Morgan fingerprint density at radius 2 is 1.69 bits per heavy atom. The molecule has 4 aromatic rings. The molecule has 0 heterocycles. The van der Waals surface area contributed by atoms with Crippen LogP contribution in [0.25, 0.3) is 10.8 Å². The van der Waals surface area contributed by atoms with Crippen molar-refractivity contribution in [2.24, 2.45) is 5.10 Å². The van der Waals surface area contributed by atoms with Gasteiger partial charge in [-0.25, -0.2) is 5.43 Å². The molecular weight excluding hydrogens is 538 g/mol. The fraction of sp³-hybridized carbons (Fsp3) is 0. The van der Waals surface area contributed by atoms with E-state index in [0.29, 0.717) is 10.0 Å². The quantitative estimate of drug-likeness (QED) is 0.148. The summed E-state index contributed by atoms with van der Waals surface area (Å²) in [6.07, 6.45) is 1.25. The summed E-state index contributed by atoms with van der Waals surface area (Å²) in [5.74, 6) is -0.488. The molecule has 0 atom stereocenters. The number of rotatable bonds is 7. The van der Waals surface area contributed by atoms with Crippen molar-refractivity contribution in [3.63, 3.8) is 0 Å². The number of carbonyl (C=O) groups is 1. The van der Waals surface area contributed by atoms with Crippen molar-refractivity contribution in [2.75, 3.05) is 0 Å². The number of nitro groups is 1. The molecule has 0 unspecified atom stereocenters. The second-order valence-corrected chi connectivity index (χ2v) is 9.69. The third kappa shape index (κ3) is 5.70. The lowest BCUT2D eigenvalue weighted by atomic mass is 10.1. The zero-order valence-corrected chi connectivity index (χ0v) is 20.2. The van der Waals surface area contributed by atoms with Gasteiger partial charge in [-0.1, -0.05) is 46.3 Å². The number of hydrogen-bond acceptors (Lipinski definition) is 7. The Bertz CT molecular complexity index is 1570. The summed E-state index contributed by atoms with van der Waals surface area (Å²) in [7, 11) is -4.28. The van der Waals surface area contributed by atoms with Crippen LogP contribution in [0.4, 0.5) is 5.69 Å². The van der Waals surface area contributed by atoms with Crippen LogP contribution < -0.4 is 9.61 Å². The molecular formula is C24H16BrN3O6S. The number of hydrazone groups is 1. The van der Waals surface area contributed by atoms with E-state index in [-0.39, 0.29) is 21.9 Å². The minimum absolute atomic E-state index is 0.0461. The van der Waals surface area contributed by atoms with Gasteiger partial charge < -0.3 is 4.18 Å². The molecule has 0 spiro atoms. The van der Waals surface area contributed by atoms with Crippen molar-refractivity contribution in [3.8, 4) is 5.75 Å². The highest BCUT2D eigenvalue weighted by Gasteiger charge is 2.20. The maximum absolute atomic E-state index is 12.7. The molecule has 11 heteroatoms. The molecule has 0 saturated heterocycles. The van der Waals surface area contributed by atoms with Crippen molar-refractivity contribution in [1.29, 1.82) is 0 Å². The summed E-state index contributed by atoms with van der Waals surface area (Å²) in [5, 5.41) is 16.6. The topological polar surface area (TPSA) is 128 Å². The maximum atomic E-state index is 12.7. The van der Waals surface area contributed by atoms with Gasteiger partial charge in [0.15, 0.2) is 5.75 Å². The molecule has 1 N–H and O–H groups in total. The van der Waals surface area contributed by atoms with Crippen LogP contribution in [0, 0.1) is 10.1 Å². The molecule has 4 rings (SSSR count). The average Bonchev–Trinajstić information content (AvgIpc) is 2.85. The van der Waals surface area contributed by atoms with Gasteiger partial charge in [-0.15, -0.1) is 0 Å². The van der Waals surface area contributed by atoms with E-state index in [0.717, 1.165) is 35.0 Å². The summed E-state index contributed by atoms with van der Waals surface area (Å²) in [6.45, 7) is 0. The van der Waals surface area contributed by atoms with Gasteiger partial charge in [-0.3, -0.25) is 14.9 Å². The highest BCUT2D eigenvalue weighted by Crippen LogP contribution is 2.26. The van der Waals surface area contributed by atoms with E-state index in [9.17, 15) is 23.3 Å². The largest absolute Gasteiger partial charge is 0.378 e. The van der Waals surface area contributed by atoms with Crippen LogP contribution in [0.3, 0.4) is 0 Å². The Morgan fingerprint density at radius 1 is 0.971 bits per heavy atom. The fourth-order valence-electron chi connectivity index (χ4n) is 3.15. The zero-order chi connectivity index (χ0) is 25.0. The summed E-state index contributed by atoms with van der Waals surface area (Å²) >= 11 is 3.31. The van der Waals surface area contributed by atoms with Crippen molar-refractivity contribution in [1.82, 2.24) is 5.43 Å². The number of non-ortho nitro benzene ring substituents is 1. The highest BCUT2D eigenvalue weighted by atomic mass is 79.9. The van der Waals surface area contributed by atoms with E-state index in [1.807, 2.05) is 30.3 Å². The number of benzene rings is 4. The van der Waals surface area contributed by atoms with Gasteiger partial charge in [-0.2, -0.15) is 13.5 Å². The summed E-state index contributed by atoms with van der Waals surface area (Å²) in [4.78, 5) is 22.4. The number of nitro benzene ring substituents is 1. The molecule has 0 bridgehead atoms. The Hall–Kier alpha value is -4.09. The third-order valence-electron chi connectivity index (χ3n) is 4.89. The lowest BCUT2D eigenvalue weighted by molar-refractivity contribution is -0.384. The minimum Gasteiger partial charge on any atom is -0.378 e.